The number of hydrogen-bond acceptors (Lipinski definition) is 3. The third-order valence-corrected chi connectivity index (χ3v) is 3.09. The van der Waals surface area contributed by atoms with Crippen LogP contribution < -0.4 is 5.32 Å². The van der Waals surface area contributed by atoms with Gasteiger partial charge in [-0.1, -0.05) is 6.92 Å². The molecule has 5 heteroatoms. The Hall–Kier alpha value is -1.36. The summed E-state index contributed by atoms with van der Waals surface area (Å²) in [5, 5.41) is 16.1. The Morgan fingerprint density at radius 3 is 2.93 bits per heavy atom. The first kappa shape index (κ1) is 10.2. The second-order valence-corrected chi connectivity index (χ2v) is 4.33. The summed E-state index contributed by atoms with van der Waals surface area (Å²) in [4.78, 5) is 10.8. The molecule has 2 N–H and O–H groups in total. The molecule has 0 aliphatic carbocycles. The van der Waals surface area contributed by atoms with Gasteiger partial charge in [0.2, 0.25) is 0 Å². The summed E-state index contributed by atoms with van der Waals surface area (Å²) in [5.74, 6) is -0.966. The third-order valence-electron chi connectivity index (χ3n) is 3.09. The quantitative estimate of drug-likeness (QED) is 0.738. The monoisotopic (exact) mass is 209 g/mol. The highest BCUT2D eigenvalue weighted by Crippen LogP contribution is 2.30. The maximum Gasteiger partial charge on any atom is 0.356 e. The molecule has 1 aromatic rings. The standard InChI is InChI=1S/C10H15N3O2/c1-10(3-4-11-6-10)8-5-7(9(14)15)12-13(8)2/h5,11H,3-4,6H2,1-2H3,(H,14,15). The molecule has 2 rings (SSSR count). The van der Waals surface area contributed by atoms with Crippen molar-refractivity contribution in [2.75, 3.05) is 13.1 Å². The predicted octanol–water partition coefficient (Wildman–Crippen LogP) is 0.369. The lowest BCUT2D eigenvalue weighted by atomic mass is 9.86. The van der Waals surface area contributed by atoms with Crippen molar-refractivity contribution in [1.29, 1.82) is 0 Å². The summed E-state index contributed by atoms with van der Waals surface area (Å²) in [7, 11) is 1.80. The zero-order chi connectivity index (χ0) is 11.1. The van der Waals surface area contributed by atoms with E-state index in [0.29, 0.717) is 0 Å². The van der Waals surface area contributed by atoms with Crippen molar-refractivity contribution in [3.05, 3.63) is 17.5 Å². The molecule has 0 spiro atoms. The molecular formula is C10H15N3O2. The van der Waals surface area contributed by atoms with Gasteiger partial charge in [0.25, 0.3) is 0 Å². The Morgan fingerprint density at radius 2 is 2.47 bits per heavy atom. The van der Waals surface area contributed by atoms with Crippen LogP contribution in [0.15, 0.2) is 6.07 Å². The van der Waals surface area contributed by atoms with Gasteiger partial charge in [0.05, 0.1) is 0 Å². The van der Waals surface area contributed by atoms with Crippen LogP contribution in [0, 0.1) is 0 Å². The summed E-state index contributed by atoms with van der Waals surface area (Å²) >= 11 is 0. The van der Waals surface area contributed by atoms with Crippen LogP contribution >= 0.6 is 0 Å². The summed E-state index contributed by atoms with van der Waals surface area (Å²) in [6.45, 7) is 3.99. The number of aromatic nitrogens is 2. The highest BCUT2D eigenvalue weighted by atomic mass is 16.4. The van der Waals surface area contributed by atoms with Crippen molar-refractivity contribution in [2.45, 2.75) is 18.8 Å². The van der Waals surface area contributed by atoms with Gasteiger partial charge >= 0.3 is 5.97 Å². The summed E-state index contributed by atoms with van der Waals surface area (Å²) in [6, 6.07) is 1.68. The maximum atomic E-state index is 10.8. The molecule has 1 aliphatic rings. The molecule has 1 aliphatic heterocycles. The first-order valence-electron chi connectivity index (χ1n) is 5.01. The van der Waals surface area contributed by atoms with Gasteiger partial charge in [-0.15, -0.1) is 0 Å². The number of nitrogens with zero attached hydrogens (tertiary/aromatic N) is 2. The van der Waals surface area contributed by atoms with E-state index in [1.54, 1.807) is 17.8 Å². The van der Waals surface area contributed by atoms with E-state index in [9.17, 15) is 4.79 Å². The van der Waals surface area contributed by atoms with Crippen LogP contribution in [0.25, 0.3) is 0 Å². The number of aromatic carboxylic acids is 1. The summed E-state index contributed by atoms with van der Waals surface area (Å²) < 4.78 is 1.68. The van der Waals surface area contributed by atoms with Crippen molar-refractivity contribution >= 4 is 5.97 Å². The molecule has 0 radical (unpaired) electrons. The fraction of sp³-hybridized carbons (Fsp3) is 0.600. The first-order valence-corrected chi connectivity index (χ1v) is 5.01. The Labute approximate surface area is 88.1 Å². The molecule has 1 fully saturated rings. The van der Waals surface area contributed by atoms with Crippen LogP contribution in [0.3, 0.4) is 0 Å². The Kier molecular flexibility index (Phi) is 2.26. The normalized spacial score (nSPS) is 25.7. The number of rotatable bonds is 2. The van der Waals surface area contributed by atoms with E-state index in [-0.39, 0.29) is 11.1 Å². The molecule has 2 heterocycles. The van der Waals surface area contributed by atoms with Crippen LogP contribution in [-0.2, 0) is 12.5 Å². The number of hydrogen-bond donors (Lipinski definition) is 2. The molecule has 1 atom stereocenters. The van der Waals surface area contributed by atoms with Gasteiger partial charge in [-0.05, 0) is 19.0 Å². The molecule has 1 unspecified atom stereocenters. The summed E-state index contributed by atoms with van der Waals surface area (Å²) in [6.07, 6.45) is 1.02. The Balaban J connectivity index is 2.39. The highest BCUT2D eigenvalue weighted by molar-refractivity contribution is 5.85. The Bertz CT molecular complexity index is 391. The van der Waals surface area contributed by atoms with Crippen LogP contribution in [0.2, 0.25) is 0 Å². The maximum absolute atomic E-state index is 10.8. The predicted molar refractivity (Wildman–Crippen MR) is 55.0 cm³/mol. The fourth-order valence-electron chi connectivity index (χ4n) is 2.17. The van der Waals surface area contributed by atoms with Gasteiger partial charge in [0.15, 0.2) is 5.69 Å². The van der Waals surface area contributed by atoms with Crippen molar-refractivity contribution in [1.82, 2.24) is 15.1 Å². The number of carboxylic acids is 1. The zero-order valence-corrected chi connectivity index (χ0v) is 8.95. The largest absolute Gasteiger partial charge is 0.476 e. The average molecular weight is 209 g/mol. The molecule has 15 heavy (non-hydrogen) atoms. The SMILES string of the molecule is Cn1nc(C(=O)O)cc1C1(C)CCNC1. The van der Waals surface area contributed by atoms with Crippen LogP contribution in [0.1, 0.15) is 29.5 Å². The second-order valence-electron chi connectivity index (χ2n) is 4.33. The van der Waals surface area contributed by atoms with Crippen molar-refractivity contribution in [2.24, 2.45) is 7.05 Å². The van der Waals surface area contributed by atoms with Gasteiger partial charge < -0.3 is 10.4 Å². The van der Waals surface area contributed by atoms with Crippen molar-refractivity contribution in [3.63, 3.8) is 0 Å². The topological polar surface area (TPSA) is 67.2 Å². The summed E-state index contributed by atoms with van der Waals surface area (Å²) in [5.41, 5.74) is 1.13. The van der Waals surface area contributed by atoms with E-state index < -0.39 is 5.97 Å². The van der Waals surface area contributed by atoms with Gasteiger partial charge in [0, 0.05) is 24.7 Å². The smallest absolute Gasteiger partial charge is 0.356 e. The van der Waals surface area contributed by atoms with Gasteiger partial charge in [-0.2, -0.15) is 5.10 Å². The second kappa shape index (κ2) is 3.34. The molecule has 0 bridgehead atoms. The van der Waals surface area contributed by atoms with E-state index in [1.807, 2.05) is 0 Å². The molecule has 0 aromatic carbocycles. The van der Waals surface area contributed by atoms with E-state index in [1.165, 1.54) is 0 Å². The third kappa shape index (κ3) is 1.63. The van der Waals surface area contributed by atoms with Crippen LogP contribution in [0.4, 0.5) is 0 Å². The van der Waals surface area contributed by atoms with Crippen LogP contribution in [0.5, 0.6) is 0 Å². The molecule has 82 valence electrons. The minimum atomic E-state index is -0.966. The minimum Gasteiger partial charge on any atom is -0.476 e. The lowest BCUT2D eigenvalue weighted by molar-refractivity contribution is 0.0689. The molecule has 5 nitrogen and oxygen atoms in total. The average Bonchev–Trinajstić information content (AvgIpc) is 2.73. The van der Waals surface area contributed by atoms with Gasteiger partial charge in [0.1, 0.15) is 0 Å². The number of nitrogens with one attached hydrogen (secondary N) is 1. The van der Waals surface area contributed by atoms with E-state index >= 15 is 0 Å². The van der Waals surface area contributed by atoms with Crippen molar-refractivity contribution < 1.29 is 9.90 Å². The van der Waals surface area contributed by atoms with E-state index in [0.717, 1.165) is 25.2 Å². The fourth-order valence-corrected chi connectivity index (χ4v) is 2.17. The minimum absolute atomic E-state index is 0.00938. The van der Waals surface area contributed by atoms with E-state index in [4.69, 9.17) is 5.11 Å². The van der Waals surface area contributed by atoms with Gasteiger partial charge in [-0.3, -0.25) is 4.68 Å². The van der Waals surface area contributed by atoms with Crippen LogP contribution in [-0.4, -0.2) is 33.9 Å². The number of aryl methyl sites for hydroxylation is 1. The zero-order valence-electron chi connectivity index (χ0n) is 8.95. The first-order chi connectivity index (χ1) is 7.03. The van der Waals surface area contributed by atoms with Crippen molar-refractivity contribution in [3.8, 4) is 0 Å². The number of carbonyl (C=O) groups is 1. The molecular weight excluding hydrogens is 194 g/mol. The number of carboxylic acid groups (broad SMARTS) is 1. The van der Waals surface area contributed by atoms with Gasteiger partial charge in [-0.25, -0.2) is 4.79 Å². The molecule has 0 amide bonds. The molecule has 0 saturated carbocycles. The molecule has 1 saturated heterocycles. The lowest BCUT2D eigenvalue weighted by Crippen LogP contribution is -2.27. The van der Waals surface area contributed by atoms with E-state index in [2.05, 4.69) is 17.3 Å². The Morgan fingerprint density at radius 1 is 1.73 bits per heavy atom. The highest BCUT2D eigenvalue weighted by Gasteiger charge is 2.34. The molecule has 1 aromatic heterocycles. The lowest BCUT2D eigenvalue weighted by Gasteiger charge is -2.22.